The molecule has 18 heavy (non-hydrogen) atoms. The highest BCUT2D eigenvalue weighted by Gasteiger charge is 2.31. The van der Waals surface area contributed by atoms with Gasteiger partial charge < -0.3 is 9.64 Å². The molecule has 1 saturated heterocycles. The molecule has 1 aromatic rings. The van der Waals surface area contributed by atoms with Gasteiger partial charge in [0.2, 0.25) is 0 Å². The van der Waals surface area contributed by atoms with Crippen molar-refractivity contribution in [1.82, 2.24) is 4.90 Å². The number of carbonyl (C=O) groups is 2. The fourth-order valence-corrected chi connectivity index (χ4v) is 2.34. The lowest BCUT2D eigenvalue weighted by Crippen LogP contribution is -2.30. The van der Waals surface area contributed by atoms with Crippen molar-refractivity contribution in [2.24, 2.45) is 5.92 Å². The van der Waals surface area contributed by atoms with Crippen molar-refractivity contribution in [3.63, 3.8) is 0 Å². The number of halogens is 1. The molecule has 1 heterocycles. The fraction of sp³-hybridized carbons (Fsp3) is 0.385. The maximum atomic E-state index is 12.2. The van der Waals surface area contributed by atoms with E-state index < -0.39 is 0 Å². The zero-order valence-electron chi connectivity index (χ0n) is 10.1. The quantitative estimate of drug-likeness (QED) is 0.786. The van der Waals surface area contributed by atoms with Crippen LogP contribution in [-0.2, 0) is 9.53 Å². The molecule has 96 valence electrons. The number of amides is 1. The summed E-state index contributed by atoms with van der Waals surface area (Å²) in [6.45, 7) is 1.05. The van der Waals surface area contributed by atoms with E-state index in [-0.39, 0.29) is 17.8 Å². The van der Waals surface area contributed by atoms with E-state index in [0.29, 0.717) is 25.1 Å². The molecular weight excluding hydrogens is 298 g/mol. The second kappa shape index (κ2) is 5.52. The summed E-state index contributed by atoms with van der Waals surface area (Å²) < 4.78 is 5.64. The molecular formula is C13H14BrNO3. The first-order valence-electron chi connectivity index (χ1n) is 5.74. The number of hydrogen-bond acceptors (Lipinski definition) is 3. The van der Waals surface area contributed by atoms with Crippen LogP contribution in [0.4, 0.5) is 0 Å². The summed E-state index contributed by atoms with van der Waals surface area (Å²) in [5, 5.41) is 0. The zero-order chi connectivity index (χ0) is 13.1. The lowest BCUT2D eigenvalue weighted by atomic mass is 10.1. The number of esters is 1. The first-order chi connectivity index (χ1) is 8.61. The van der Waals surface area contributed by atoms with Crippen molar-refractivity contribution >= 4 is 27.8 Å². The molecule has 1 aliphatic heterocycles. The largest absolute Gasteiger partial charge is 0.469 e. The molecule has 1 unspecified atom stereocenters. The standard InChI is InChI=1S/C13H14BrNO3/c1-18-13(17)10-6-7-15(8-10)12(16)9-2-4-11(14)5-3-9/h2-5,10H,6-8H2,1H3. The lowest BCUT2D eigenvalue weighted by molar-refractivity contribution is -0.144. The Labute approximate surface area is 114 Å². The summed E-state index contributed by atoms with van der Waals surface area (Å²) in [6, 6.07) is 7.22. The van der Waals surface area contributed by atoms with Gasteiger partial charge >= 0.3 is 5.97 Å². The average molecular weight is 312 g/mol. The Bertz CT molecular complexity index is 458. The Morgan fingerprint density at radius 2 is 2.00 bits per heavy atom. The molecule has 1 amide bonds. The first kappa shape index (κ1) is 13.1. The van der Waals surface area contributed by atoms with Crippen LogP contribution in [0.1, 0.15) is 16.8 Å². The molecule has 1 atom stereocenters. The van der Waals surface area contributed by atoms with Gasteiger partial charge in [-0.25, -0.2) is 0 Å². The molecule has 4 nitrogen and oxygen atoms in total. The van der Waals surface area contributed by atoms with Gasteiger partial charge in [0, 0.05) is 23.1 Å². The highest BCUT2D eigenvalue weighted by atomic mass is 79.9. The van der Waals surface area contributed by atoms with Gasteiger partial charge in [0.1, 0.15) is 0 Å². The van der Waals surface area contributed by atoms with Crippen LogP contribution in [0.15, 0.2) is 28.7 Å². The normalized spacial score (nSPS) is 18.8. The SMILES string of the molecule is COC(=O)C1CCN(C(=O)c2ccc(Br)cc2)C1. The van der Waals surface area contributed by atoms with E-state index in [0.717, 1.165) is 4.47 Å². The van der Waals surface area contributed by atoms with Gasteiger partial charge in [0.25, 0.3) is 5.91 Å². The number of nitrogens with zero attached hydrogens (tertiary/aromatic N) is 1. The van der Waals surface area contributed by atoms with Crippen LogP contribution in [-0.4, -0.2) is 37.0 Å². The summed E-state index contributed by atoms with van der Waals surface area (Å²) in [4.78, 5) is 25.3. The van der Waals surface area contributed by atoms with Gasteiger partial charge in [0.05, 0.1) is 13.0 Å². The van der Waals surface area contributed by atoms with Crippen molar-refractivity contribution in [1.29, 1.82) is 0 Å². The molecule has 5 heteroatoms. The van der Waals surface area contributed by atoms with Gasteiger partial charge in [-0.1, -0.05) is 15.9 Å². The fourth-order valence-electron chi connectivity index (χ4n) is 2.08. The number of hydrogen-bond donors (Lipinski definition) is 0. The molecule has 2 rings (SSSR count). The number of rotatable bonds is 2. The summed E-state index contributed by atoms with van der Waals surface area (Å²) in [7, 11) is 1.38. The molecule has 0 saturated carbocycles. The minimum atomic E-state index is -0.235. The maximum absolute atomic E-state index is 12.2. The average Bonchev–Trinajstić information content (AvgIpc) is 2.87. The van der Waals surface area contributed by atoms with Gasteiger partial charge in [-0.3, -0.25) is 9.59 Å². The van der Waals surface area contributed by atoms with E-state index in [1.54, 1.807) is 17.0 Å². The summed E-state index contributed by atoms with van der Waals surface area (Å²) in [6.07, 6.45) is 0.676. The van der Waals surface area contributed by atoms with E-state index >= 15 is 0 Å². The molecule has 0 N–H and O–H groups in total. The number of carbonyl (C=O) groups excluding carboxylic acids is 2. The van der Waals surface area contributed by atoms with Crippen molar-refractivity contribution in [3.8, 4) is 0 Å². The number of benzene rings is 1. The van der Waals surface area contributed by atoms with Crippen LogP contribution < -0.4 is 0 Å². The van der Waals surface area contributed by atoms with Crippen LogP contribution in [0.25, 0.3) is 0 Å². The Kier molecular flexibility index (Phi) is 4.01. The third-order valence-electron chi connectivity index (χ3n) is 3.10. The predicted octanol–water partition coefficient (Wildman–Crippen LogP) is 2.08. The maximum Gasteiger partial charge on any atom is 0.310 e. The van der Waals surface area contributed by atoms with Crippen LogP contribution in [0.2, 0.25) is 0 Å². The first-order valence-corrected chi connectivity index (χ1v) is 6.54. The number of methoxy groups -OCH3 is 1. The molecule has 0 aliphatic carbocycles. The molecule has 0 aromatic heterocycles. The topological polar surface area (TPSA) is 46.6 Å². The number of ether oxygens (including phenoxy) is 1. The second-order valence-corrected chi connectivity index (χ2v) is 5.18. The van der Waals surface area contributed by atoms with Crippen LogP contribution >= 0.6 is 15.9 Å². The van der Waals surface area contributed by atoms with Gasteiger partial charge in [-0.15, -0.1) is 0 Å². The smallest absolute Gasteiger partial charge is 0.310 e. The minimum Gasteiger partial charge on any atom is -0.469 e. The molecule has 0 spiro atoms. The van der Waals surface area contributed by atoms with Gasteiger partial charge in [-0.2, -0.15) is 0 Å². The highest BCUT2D eigenvalue weighted by molar-refractivity contribution is 9.10. The zero-order valence-corrected chi connectivity index (χ0v) is 11.6. The monoisotopic (exact) mass is 311 g/mol. The van der Waals surface area contributed by atoms with E-state index in [1.165, 1.54) is 7.11 Å². The second-order valence-electron chi connectivity index (χ2n) is 4.27. The van der Waals surface area contributed by atoms with Crippen LogP contribution in [0.5, 0.6) is 0 Å². The predicted molar refractivity (Wildman–Crippen MR) is 70.2 cm³/mol. The van der Waals surface area contributed by atoms with Crippen LogP contribution in [0, 0.1) is 5.92 Å². The summed E-state index contributed by atoms with van der Waals surface area (Å²) >= 11 is 3.33. The minimum absolute atomic E-state index is 0.0334. The van der Waals surface area contributed by atoms with Crippen molar-refractivity contribution in [3.05, 3.63) is 34.3 Å². The highest BCUT2D eigenvalue weighted by Crippen LogP contribution is 2.20. The van der Waals surface area contributed by atoms with Crippen molar-refractivity contribution in [2.75, 3.05) is 20.2 Å². The Morgan fingerprint density at radius 1 is 1.33 bits per heavy atom. The van der Waals surface area contributed by atoms with Crippen molar-refractivity contribution in [2.45, 2.75) is 6.42 Å². The summed E-state index contributed by atoms with van der Waals surface area (Å²) in [5.41, 5.74) is 0.642. The molecule has 1 fully saturated rings. The Balaban J connectivity index is 2.03. The van der Waals surface area contributed by atoms with Crippen molar-refractivity contribution < 1.29 is 14.3 Å². The van der Waals surface area contributed by atoms with Gasteiger partial charge in [-0.05, 0) is 30.7 Å². The summed E-state index contributed by atoms with van der Waals surface area (Å²) in [5.74, 6) is -0.454. The van der Waals surface area contributed by atoms with E-state index in [9.17, 15) is 9.59 Å². The van der Waals surface area contributed by atoms with Crippen LogP contribution in [0.3, 0.4) is 0 Å². The lowest BCUT2D eigenvalue weighted by Gasteiger charge is -2.16. The Morgan fingerprint density at radius 3 is 2.61 bits per heavy atom. The van der Waals surface area contributed by atoms with E-state index in [4.69, 9.17) is 4.74 Å². The number of likely N-dealkylation sites (tertiary alicyclic amines) is 1. The van der Waals surface area contributed by atoms with E-state index in [1.807, 2.05) is 12.1 Å². The third-order valence-corrected chi connectivity index (χ3v) is 3.63. The van der Waals surface area contributed by atoms with E-state index in [2.05, 4.69) is 15.9 Å². The molecule has 0 bridgehead atoms. The third kappa shape index (κ3) is 2.72. The molecule has 1 aromatic carbocycles. The Hall–Kier alpha value is -1.36. The molecule has 0 radical (unpaired) electrons. The molecule has 1 aliphatic rings. The van der Waals surface area contributed by atoms with Gasteiger partial charge in [0.15, 0.2) is 0 Å².